The summed E-state index contributed by atoms with van der Waals surface area (Å²) in [5, 5.41) is 15.1. The van der Waals surface area contributed by atoms with Crippen molar-refractivity contribution in [3.8, 4) is 11.5 Å². The highest BCUT2D eigenvalue weighted by molar-refractivity contribution is 14.1. The van der Waals surface area contributed by atoms with E-state index >= 15 is 0 Å². The van der Waals surface area contributed by atoms with E-state index in [4.69, 9.17) is 4.74 Å². The summed E-state index contributed by atoms with van der Waals surface area (Å²) in [5.74, 6) is 1.11. The Kier molecular flexibility index (Phi) is 7.28. The number of aromatic nitrogens is 2. The van der Waals surface area contributed by atoms with E-state index in [1.54, 1.807) is 24.4 Å². The van der Waals surface area contributed by atoms with Gasteiger partial charge in [-0.25, -0.2) is 4.98 Å². The number of ether oxygens (including phenoxy) is 1. The van der Waals surface area contributed by atoms with Gasteiger partial charge in [-0.1, -0.05) is 29.3 Å². The summed E-state index contributed by atoms with van der Waals surface area (Å²) in [6.45, 7) is 4.39. The van der Waals surface area contributed by atoms with Crippen LogP contribution in [0.15, 0.2) is 44.7 Å². The monoisotopic (exact) mass is 569 g/mol. The molecule has 1 N–H and O–H groups in total. The minimum atomic E-state index is -0.211. The van der Waals surface area contributed by atoms with Crippen LogP contribution in [0.25, 0.3) is 10.9 Å². The number of phenols is 1. The molecule has 29 heavy (non-hydrogen) atoms. The van der Waals surface area contributed by atoms with Crippen LogP contribution in [0.3, 0.4) is 0 Å². The summed E-state index contributed by atoms with van der Waals surface area (Å²) in [4.78, 5) is 17.8. The SMILES string of the molecule is CCCCc1nc2ccc(Br)cc2c(=O)n1N=Cc1cc(I)c(O)c(OCC)c1. The minimum absolute atomic E-state index is 0.0997. The van der Waals surface area contributed by atoms with Gasteiger partial charge in [0.05, 0.1) is 27.3 Å². The fourth-order valence-electron chi connectivity index (χ4n) is 2.87. The Morgan fingerprint density at radius 1 is 1.31 bits per heavy atom. The summed E-state index contributed by atoms with van der Waals surface area (Å²) >= 11 is 5.45. The van der Waals surface area contributed by atoms with Crippen LogP contribution in [-0.4, -0.2) is 27.6 Å². The summed E-state index contributed by atoms with van der Waals surface area (Å²) < 4.78 is 8.31. The van der Waals surface area contributed by atoms with Crippen LogP contribution in [0.1, 0.15) is 38.1 Å². The zero-order valence-electron chi connectivity index (χ0n) is 16.2. The van der Waals surface area contributed by atoms with E-state index in [2.05, 4.69) is 32.9 Å². The Hall–Kier alpha value is -1.94. The molecule has 6 nitrogen and oxygen atoms in total. The zero-order valence-corrected chi connectivity index (χ0v) is 19.9. The normalized spacial score (nSPS) is 11.4. The maximum atomic E-state index is 13.1. The molecular formula is C21H21BrIN3O3. The maximum absolute atomic E-state index is 13.1. The molecule has 0 aliphatic rings. The van der Waals surface area contributed by atoms with Gasteiger partial charge in [0.25, 0.3) is 5.56 Å². The molecular weight excluding hydrogens is 549 g/mol. The summed E-state index contributed by atoms with van der Waals surface area (Å²) in [6.07, 6.45) is 4.15. The lowest BCUT2D eigenvalue weighted by Gasteiger charge is -2.10. The lowest BCUT2D eigenvalue weighted by Crippen LogP contribution is -2.22. The van der Waals surface area contributed by atoms with Gasteiger partial charge in [0.2, 0.25) is 0 Å². The molecule has 0 unspecified atom stereocenters. The molecule has 3 rings (SSSR count). The van der Waals surface area contributed by atoms with Crippen molar-refractivity contribution in [3.05, 3.63) is 60.1 Å². The number of unbranched alkanes of at least 4 members (excludes halogenated alkanes) is 1. The highest BCUT2D eigenvalue weighted by Crippen LogP contribution is 2.32. The van der Waals surface area contributed by atoms with Crippen LogP contribution in [0.2, 0.25) is 0 Å². The number of aromatic hydroxyl groups is 1. The molecule has 3 aromatic rings. The van der Waals surface area contributed by atoms with Crippen molar-refractivity contribution < 1.29 is 9.84 Å². The number of nitrogens with zero attached hydrogens (tertiary/aromatic N) is 3. The van der Waals surface area contributed by atoms with Crippen molar-refractivity contribution in [1.82, 2.24) is 9.66 Å². The molecule has 1 heterocycles. The van der Waals surface area contributed by atoms with Crippen molar-refractivity contribution in [2.45, 2.75) is 33.1 Å². The van der Waals surface area contributed by atoms with Crippen LogP contribution in [0, 0.1) is 3.57 Å². The minimum Gasteiger partial charge on any atom is -0.504 e. The molecule has 0 aliphatic heterocycles. The first-order valence-corrected chi connectivity index (χ1v) is 11.2. The van der Waals surface area contributed by atoms with Gasteiger partial charge in [-0.15, -0.1) is 0 Å². The van der Waals surface area contributed by atoms with Gasteiger partial charge < -0.3 is 9.84 Å². The molecule has 1 aromatic heterocycles. The third kappa shape index (κ3) is 4.98. The second-order valence-corrected chi connectivity index (χ2v) is 8.51. The van der Waals surface area contributed by atoms with Gasteiger partial charge in [-0.05, 0) is 71.8 Å². The zero-order chi connectivity index (χ0) is 21.0. The van der Waals surface area contributed by atoms with Crippen LogP contribution in [0.5, 0.6) is 11.5 Å². The van der Waals surface area contributed by atoms with E-state index in [-0.39, 0.29) is 11.3 Å². The Labute approximate surface area is 190 Å². The highest BCUT2D eigenvalue weighted by Gasteiger charge is 2.12. The van der Waals surface area contributed by atoms with E-state index in [0.717, 1.165) is 22.9 Å². The summed E-state index contributed by atoms with van der Waals surface area (Å²) in [7, 11) is 0. The number of hydrogen-bond acceptors (Lipinski definition) is 5. The average molecular weight is 570 g/mol. The first-order chi connectivity index (χ1) is 13.9. The van der Waals surface area contributed by atoms with Gasteiger partial charge >= 0.3 is 0 Å². The van der Waals surface area contributed by atoms with E-state index in [0.29, 0.717) is 39.1 Å². The van der Waals surface area contributed by atoms with Crippen molar-refractivity contribution in [3.63, 3.8) is 0 Å². The summed E-state index contributed by atoms with van der Waals surface area (Å²) in [5.41, 5.74) is 1.17. The Balaban J connectivity index is 2.11. The number of rotatable bonds is 7. The fraction of sp³-hybridized carbons (Fsp3) is 0.286. The Bertz CT molecular complexity index is 1130. The van der Waals surface area contributed by atoms with Gasteiger partial charge in [-0.3, -0.25) is 4.79 Å². The third-order valence-electron chi connectivity index (χ3n) is 4.30. The molecule has 0 amide bonds. The Morgan fingerprint density at radius 2 is 2.10 bits per heavy atom. The first-order valence-electron chi connectivity index (χ1n) is 9.35. The second kappa shape index (κ2) is 9.71. The predicted molar refractivity (Wildman–Crippen MR) is 127 cm³/mol. The molecule has 0 radical (unpaired) electrons. The van der Waals surface area contributed by atoms with Crippen LogP contribution >= 0.6 is 38.5 Å². The predicted octanol–water partition coefficient (Wildman–Crippen LogP) is 5.09. The molecule has 0 aliphatic carbocycles. The highest BCUT2D eigenvalue weighted by atomic mass is 127. The van der Waals surface area contributed by atoms with Crippen molar-refractivity contribution in [2.75, 3.05) is 6.61 Å². The molecule has 0 bridgehead atoms. The van der Waals surface area contributed by atoms with Crippen LogP contribution in [0.4, 0.5) is 0 Å². The quantitative estimate of drug-likeness (QED) is 0.317. The number of halogens is 2. The largest absolute Gasteiger partial charge is 0.504 e. The molecule has 0 saturated heterocycles. The van der Waals surface area contributed by atoms with Crippen LogP contribution < -0.4 is 10.3 Å². The smallest absolute Gasteiger partial charge is 0.282 e. The number of fused-ring (bicyclic) bond motifs is 1. The molecule has 0 spiro atoms. The first kappa shape index (κ1) is 21.8. The summed E-state index contributed by atoms with van der Waals surface area (Å²) in [6, 6.07) is 8.95. The van der Waals surface area contributed by atoms with E-state index in [1.807, 2.05) is 41.6 Å². The van der Waals surface area contributed by atoms with E-state index in [9.17, 15) is 9.90 Å². The Morgan fingerprint density at radius 3 is 2.83 bits per heavy atom. The number of benzene rings is 2. The standard InChI is InChI=1S/C21H21BrIN3O3/c1-3-5-6-19-25-17-8-7-14(22)11-15(17)21(28)26(19)24-12-13-9-16(23)20(27)18(10-13)29-4-2/h7-12,27H,3-6H2,1-2H3. The average Bonchev–Trinajstić information content (AvgIpc) is 2.70. The van der Waals surface area contributed by atoms with Crippen molar-refractivity contribution >= 4 is 55.6 Å². The number of aryl methyl sites for hydroxylation is 1. The third-order valence-corrected chi connectivity index (χ3v) is 5.62. The molecule has 0 saturated carbocycles. The molecule has 152 valence electrons. The van der Waals surface area contributed by atoms with Gasteiger partial charge in [0.15, 0.2) is 11.5 Å². The lowest BCUT2D eigenvalue weighted by atomic mass is 10.2. The topological polar surface area (TPSA) is 76.7 Å². The molecule has 0 fully saturated rings. The second-order valence-electron chi connectivity index (χ2n) is 6.44. The number of hydrogen-bond donors (Lipinski definition) is 1. The van der Waals surface area contributed by atoms with E-state index in [1.165, 1.54) is 4.68 Å². The van der Waals surface area contributed by atoms with Crippen LogP contribution in [-0.2, 0) is 6.42 Å². The van der Waals surface area contributed by atoms with Crippen molar-refractivity contribution in [2.24, 2.45) is 5.10 Å². The van der Waals surface area contributed by atoms with Crippen molar-refractivity contribution in [1.29, 1.82) is 0 Å². The fourth-order valence-corrected chi connectivity index (χ4v) is 3.86. The van der Waals surface area contributed by atoms with Gasteiger partial charge in [-0.2, -0.15) is 9.78 Å². The number of phenolic OH excluding ortho intramolecular Hbond substituents is 1. The molecule has 2 aromatic carbocycles. The van der Waals surface area contributed by atoms with Gasteiger partial charge in [0, 0.05) is 10.9 Å². The lowest BCUT2D eigenvalue weighted by molar-refractivity contribution is 0.317. The van der Waals surface area contributed by atoms with E-state index < -0.39 is 0 Å². The van der Waals surface area contributed by atoms with Gasteiger partial charge in [0.1, 0.15) is 5.82 Å². The molecule has 0 atom stereocenters. The maximum Gasteiger partial charge on any atom is 0.282 e. The molecule has 8 heteroatoms.